The van der Waals surface area contributed by atoms with E-state index in [9.17, 15) is 13.2 Å². The van der Waals surface area contributed by atoms with E-state index in [4.69, 9.17) is 21.8 Å². The molecular formula is C14H9BrClF3N4OS. The summed E-state index contributed by atoms with van der Waals surface area (Å²) in [6.45, 7) is 0. The Morgan fingerprint density at radius 2 is 2.00 bits per heavy atom. The van der Waals surface area contributed by atoms with Crippen molar-refractivity contribution in [2.24, 2.45) is 0 Å². The van der Waals surface area contributed by atoms with Crippen molar-refractivity contribution in [3.8, 4) is 0 Å². The van der Waals surface area contributed by atoms with Crippen LogP contribution in [0.25, 0.3) is 11.0 Å². The minimum atomic E-state index is -4.57. The molecule has 3 heterocycles. The molecule has 0 aliphatic rings. The third kappa shape index (κ3) is 4.18. The number of nitrogens with two attached hydrogens (primary N) is 1. The lowest BCUT2D eigenvalue weighted by Gasteiger charge is -2.08. The summed E-state index contributed by atoms with van der Waals surface area (Å²) in [7, 11) is 0. The molecule has 11 heteroatoms. The summed E-state index contributed by atoms with van der Waals surface area (Å²) < 4.78 is 44.3. The summed E-state index contributed by atoms with van der Waals surface area (Å²) in [5.41, 5.74) is 5.50. The number of furan rings is 1. The van der Waals surface area contributed by atoms with Gasteiger partial charge in [0.2, 0.25) is 0 Å². The first-order valence-electron chi connectivity index (χ1n) is 6.80. The summed E-state index contributed by atoms with van der Waals surface area (Å²) >= 11 is 10.5. The minimum absolute atomic E-state index is 0.0380. The van der Waals surface area contributed by atoms with Crippen LogP contribution < -0.4 is 5.73 Å². The number of nitrogens with zero attached hydrogens (tertiary/aromatic N) is 3. The van der Waals surface area contributed by atoms with Crippen LogP contribution in [-0.4, -0.2) is 20.7 Å². The second-order valence-electron chi connectivity index (χ2n) is 4.92. The highest BCUT2D eigenvalue weighted by Gasteiger charge is 2.33. The molecule has 0 aromatic carbocycles. The van der Waals surface area contributed by atoms with E-state index in [1.807, 2.05) is 0 Å². The van der Waals surface area contributed by atoms with E-state index in [1.54, 1.807) is 6.07 Å². The zero-order valence-corrected chi connectivity index (χ0v) is 15.4. The van der Waals surface area contributed by atoms with Gasteiger partial charge in [-0.05, 0) is 28.4 Å². The van der Waals surface area contributed by atoms with Crippen molar-refractivity contribution in [2.45, 2.75) is 17.8 Å². The van der Waals surface area contributed by atoms with Gasteiger partial charge in [0, 0.05) is 22.9 Å². The molecular weight excluding hydrogens is 445 g/mol. The molecule has 0 saturated carbocycles. The molecule has 0 saturated heterocycles. The molecule has 0 aliphatic heterocycles. The Morgan fingerprint density at radius 3 is 2.72 bits per heavy atom. The largest absolute Gasteiger partial charge is 0.460 e. The number of aromatic nitrogens is 3. The number of anilines is 1. The summed E-state index contributed by atoms with van der Waals surface area (Å²) in [5, 5.41) is 0.964. The summed E-state index contributed by atoms with van der Waals surface area (Å²) in [4.78, 5) is 11.5. The summed E-state index contributed by atoms with van der Waals surface area (Å²) in [6, 6.07) is 2.51. The lowest BCUT2D eigenvalue weighted by Crippen LogP contribution is -2.11. The van der Waals surface area contributed by atoms with Crippen molar-refractivity contribution < 1.29 is 17.6 Å². The van der Waals surface area contributed by atoms with Crippen LogP contribution in [0.1, 0.15) is 11.4 Å². The molecule has 0 aliphatic carbocycles. The van der Waals surface area contributed by atoms with Gasteiger partial charge in [0.1, 0.15) is 12.1 Å². The Balaban J connectivity index is 1.73. The Morgan fingerprint density at radius 1 is 1.24 bits per heavy atom. The van der Waals surface area contributed by atoms with Crippen molar-refractivity contribution in [2.75, 3.05) is 11.5 Å². The Hall–Kier alpha value is -1.52. The highest BCUT2D eigenvalue weighted by Crippen LogP contribution is 2.32. The fourth-order valence-corrected chi connectivity index (χ4v) is 3.51. The van der Waals surface area contributed by atoms with Crippen LogP contribution in [0.3, 0.4) is 0 Å². The van der Waals surface area contributed by atoms with E-state index in [2.05, 4.69) is 30.9 Å². The van der Waals surface area contributed by atoms with Gasteiger partial charge in [-0.2, -0.15) is 13.2 Å². The molecule has 3 aromatic rings. The number of hydrogen-bond acceptors (Lipinski definition) is 6. The molecule has 0 bridgehead atoms. The first kappa shape index (κ1) is 18.3. The predicted octanol–water partition coefficient (Wildman–Crippen LogP) is 4.97. The van der Waals surface area contributed by atoms with Crippen LogP contribution >= 0.6 is 39.3 Å². The minimum Gasteiger partial charge on any atom is -0.460 e. The normalized spacial score (nSPS) is 12.0. The number of aryl methyl sites for hydroxylation is 1. The number of pyridine rings is 1. The molecule has 0 fully saturated rings. The van der Waals surface area contributed by atoms with Crippen LogP contribution in [0.5, 0.6) is 0 Å². The highest BCUT2D eigenvalue weighted by atomic mass is 79.9. The van der Waals surface area contributed by atoms with Gasteiger partial charge < -0.3 is 10.2 Å². The average Bonchev–Trinajstić information content (AvgIpc) is 2.88. The maximum Gasteiger partial charge on any atom is 0.433 e. The fourth-order valence-electron chi connectivity index (χ4n) is 2.04. The number of rotatable bonds is 4. The number of nitrogen functional groups attached to an aromatic ring is 1. The van der Waals surface area contributed by atoms with E-state index in [0.717, 1.165) is 21.6 Å². The van der Waals surface area contributed by atoms with Crippen LogP contribution in [0.15, 0.2) is 32.4 Å². The lowest BCUT2D eigenvalue weighted by molar-refractivity contribution is -0.141. The van der Waals surface area contributed by atoms with Crippen LogP contribution in [-0.2, 0) is 12.6 Å². The summed E-state index contributed by atoms with van der Waals surface area (Å²) in [6.07, 6.45) is -2.60. The molecule has 0 atom stereocenters. The SMILES string of the molecule is Nc1cc(C(F)(F)F)nc(SCCc2cc3c(Br)coc3c(Cl)n2)n1. The zero-order chi connectivity index (χ0) is 18.2. The maximum absolute atomic E-state index is 12.7. The maximum atomic E-state index is 12.7. The number of halogens is 5. The Bertz CT molecular complexity index is 934. The van der Waals surface area contributed by atoms with Gasteiger partial charge >= 0.3 is 6.18 Å². The number of fused-ring (bicyclic) bond motifs is 1. The first-order valence-corrected chi connectivity index (χ1v) is 8.96. The molecule has 132 valence electrons. The van der Waals surface area contributed by atoms with Gasteiger partial charge in [-0.3, -0.25) is 0 Å². The van der Waals surface area contributed by atoms with E-state index >= 15 is 0 Å². The molecule has 0 amide bonds. The number of thioether (sulfide) groups is 1. The topological polar surface area (TPSA) is 77.8 Å². The van der Waals surface area contributed by atoms with Crippen molar-refractivity contribution >= 4 is 56.1 Å². The third-order valence-electron chi connectivity index (χ3n) is 3.13. The van der Waals surface area contributed by atoms with Crippen LogP contribution in [0.4, 0.5) is 19.0 Å². The monoisotopic (exact) mass is 452 g/mol. The number of alkyl halides is 3. The van der Waals surface area contributed by atoms with E-state index in [-0.39, 0.29) is 16.1 Å². The molecule has 0 spiro atoms. The van der Waals surface area contributed by atoms with Crippen molar-refractivity contribution in [1.82, 2.24) is 15.0 Å². The highest BCUT2D eigenvalue weighted by molar-refractivity contribution is 9.10. The average molecular weight is 454 g/mol. The molecule has 25 heavy (non-hydrogen) atoms. The summed E-state index contributed by atoms with van der Waals surface area (Å²) in [5.74, 6) is 0.181. The smallest absolute Gasteiger partial charge is 0.433 e. The quantitative estimate of drug-likeness (QED) is 0.341. The van der Waals surface area contributed by atoms with Gasteiger partial charge in [-0.25, -0.2) is 15.0 Å². The lowest BCUT2D eigenvalue weighted by atomic mass is 10.2. The second kappa shape index (κ2) is 7.00. The van der Waals surface area contributed by atoms with Gasteiger partial charge in [-0.15, -0.1) is 0 Å². The standard InChI is InChI=1S/C14H9BrClF3N4OS/c15-8-5-24-11-7(8)3-6(21-12(11)16)1-2-25-13-22-9(14(17,18)19)4-10(20)23-13/h3-5H,1-2H2,(H2,20,22,23). The molecule has 0 radical (unpaired) electrons. The second-order valence-corrected chi connectivity index (χ2v) is 7.20. The first-order chi connectivity index (χ1) is 11.7. The number of hydrogen-bond donors (Lipinski definition) is 1. The van der Waals surface area contributed by atoms with E-state index < -0.39 is 11.9 Å². The van der Waals surface area contributed by atoms with Crippen molar-refractivity contribution in [3.63, 3.8) is 0 Å². The van der Waals surface area contributed by atoms with Crippen molar-refractivity contribution in [1.29, 1.82) is 0 Å². The van der Waals surface area contributed by atoms with Gasteiger partial charge in [0.25, 0.3) is 0 Å². The van der Waals surface area contributed by atoms with Crippen LogP contribution in [0.2, 0.25) is 5.15 Å². The van der Waals surface area contributed by atoms with E-state index in [1.165, 1.54) is 6.26 Å². The van der Waals surface area contributed by atoms with E-state index in [0.29, 0.717) is 29.5 Å². The van der Waals surface area contributed by atoms with Crippen molar-refractivity contribution in [3.05, 3.63) is 39.4 Å². The third-order valence-corrected chi connectivity index (χ3v) is 4.85. The predicted molar refractivity (Wildman–Crippen MR) is 92.6 cm³/mol. The molecule has 5 nitrogen and oxygen atoms in total. The van der Waals surface area contributed by atoms with Gasteiger partial charge in [0.05, 0.1) is 4.47 Å². The Kier molecular flexibility index (Phi) is 5.12. The molecule has 2 N–H and O–H groups in total. The fraction of sp³-hybridized carbons (Fsp3) is 0.214. The Labute approximate surface area is 157 Å². The molecule has 3 rings (SSSR count). The molecule has 3 aromatic heterocycles. The molecule has 0 unspecified atom stereocenters. The van der Waals surface area contributed by atoms with Gasteiger partial charge in [0.15, 0.2) is 21.6 Å². The van der Waals surface area contributed by atoms with Crippen LogP contribution in [0, 0.1) is 0 Å². The zero-order valence-electron chi connectivity index (χ0n) is 12.3. The van der Waals surface area contributed by atoms with Gasteiger partial charge in [-0.1, -0.05) is 23.4 Å².